The molecule has 5 heteroatoms. The van der Waals surface area contributed by atoms with Gasteiger partial charge >= 0.3 is 5.97 Å². The highest BCUT2D eigenvalue weighted by Crippen LogP contribution is 2.29. The summed E-state index contributed by atoms with van der Waals surface area (Å²) in [6, 6.07) is 0. The summed E-state index contributed by atoms with van der Waals surface area (Å²) in [5.41, 5.74) is 0.147. The summed E-state index contributed by atoms with van der Waals surface area (Å²) >= 11 is 0. The van der Waals surface area contributed by atoms with Crippen LogP contribution in [0.25, 0.3) is 0 Å². The first kappa shape index (κ1) is 18.0. The smallest absolute Gasteiger partial charge is 0.305 e. The third-order valence-corrected chi connectivity index (χ3v) is 4.42. The molecule has 1 fully saturated rings. The Kier molecular flexibility index (Phi) is 6.65. The van der Waals surface area contributed by atoms with Crippen LogP contribution in [-0.4, -0.2) is 47.7 Å². The van der Waals surface area contributed by atoms with Gasteiger partial charge in [0, 0.05) is 19.5 Å². The summed E-state index contributed by atoms with van der Waals surface area (Å²) in [4.78, 5) is 24.6. The van der Waals surface area contributed by atoms with Crippen LogP contribution in [0.5, 0.6) is 0 Å². The fourth-order valence-electron chi connectivity index (χ4n) is 2.28. The number of hydrogen-bond donors (Lipinski definition) is 1. The molecule has 1 atom stereocenters. The Bertz CT molecular complexity index is 354. The van der Waals surface area contributed by atoms with Crippen molar-refractivity contribution >= 4 is 11.9 Å². The van der Waals surface area contributed by atoms with E-state index in [4.69, 9.17) is 9.84 Å². The lowest BCUT2D eigenvalue weighted by atomic mass is 9.80. The number of hydrogen-bond acceptors (Lipinski definition) is 3. The standard InChI is InChI=1S/C16H29NO4/c1-12(16(2,3)4)11-14(18)17-8-5-13(6-9-17)21-10-7-15(19)20/h12-13H,5-11H2,1-4H3,(H,19,20). The van der Waals surface area contributed by atoms with Crippen molar-refractivity contribution in [2.45, 2.75) is 59.5 Å². The highest BCUT2D eigenvalue weighted by Gasteiger charge is 2.27. The summed E-state index contributed by atoms with van der Waals surface area (Å²) in [5, 5.41) is 8.57. The minimum Gasteiger partial charge on any atom is -0.481 e. The van der Waals surface area contributed by atoms with Crippen molar-refractivity contribution in [3.05, 3.63) is 0 Å². The maximum atomic E-state index is 12.3. The van der Waals surface area contributed by atoms with E-state index in [0.717, 1.165) is 12.8 Å². The van der Waals surface area contributed by atoms with Crippen LogP contribution in [0.4, 0.5) is 0 Å². The molecule has 1 aliphatic rings. The molecule has 1 heterocycles. The minimum absolute atomic E-state index is 0.0439. The fraction of sp³-hybridized carbons (Fsp3) is 0.875. The SMILES string of the molecule is CC(CC(=O)N1CCC(OCCC(=O)O)CC1)C(C)(C)C. The van der Waals surface area contributed by atoms with Gasteiger partial charge in [-0.15, -0.1) is 0 Å². The summed E-state index contributed by atoms with van der Waals surface area (Å²) in [6.07, 6.45) is 2.33. The number of carbonyl (C=O) groups is 2. The lowest BCUT2D eigenvalue weighted by Gasteiger charge is -2.34. The van der Waals surface area contributed by atoms with Crippen molar-refractivity contribution in [2.24, 2.45) is 11.3 Å². The summed E-state index contributed by atoms with van der Waals surface area (Å²) in [5.74, 6) is -0.255. The van der Waals surface area contributed by atoms with Gasteiger partial charge in [-0.25, -0.2) is 0 Å². The van der Waals surface area contributed by atoms with Gasteiger partial charge in [0.2, 0.25) is 5.91 Å². The van der Waals surface area contributed by atoms with Crippen molar-refractivity contribution < 1.29 is 19.4 Å². The second-order valence-corrected chi connectivity index (χ2v) is 7.07. The molecule has 0 radical (unpaired) electrons. The van der Waals surface area contributed by atoms with Crippen molar-refractivity contribution in [3.63, 3.8) is 0 Å². The number of ether oxygens (including phenoxy) is 1. The van der Waals surface area contributed by atoms with Gasteiger partial charge in [0.25, 0.3) is 0 Å². The molecule has 1 N–H and O–H groups in total. The molecule has 0 aromatic carbocycles. The molecule has 0 aromatic rings. The number of likely N-dealkylation sites (tertiary alicyclic amines) is 1. The van der Waals surface area contributed by atoms with Crippen LogP contribution in [0.1, 0.15) is 53.4 Å². The Morgan fingerprint density at radius 2 is 1.86 bits per heavy atom. The zero-order valence-corrected chi connectivity index (χ0v) is 13.7. The van der Waals surface area contributed by atoms with Gasteiger partial charge in [-0.05, 0) is 24.2 Å². The number of amides is 1. The number of carboxylic acid groups (broad SMARTS) is 1. The van der Waals surface area contributed by atoms with E-state index in [0.29, 0.717) is 25.4 Å². The van der Waals surface area contributed by atoms with Gasteiger partial charge in [-0.3, -0.25) is 9.59 Å². The molecule has 0 saturated carbocycles. The molecule has 1 rings (SSSR count). The molecule has 1 saturated heterocycles. The molecule has 5 nitrogen and oxygen atoms in total. The maximum Gasteiger partial charge on any atom is 0.305 e. The van der Waals surface area contributed by atoms with Gasteiger partial charge in [0.15, 0.2) is 0 Å². The molecule has 21 heavy (non-hydrogen) atoms. The molecule has 1 unspecified atom stereocenters. The van der Waals surface area contributed by atoms with Crippen LogP contribution in [0.2, 0.25) is 0 Å². The van der Waals surface area contributed by atoms with Crippen LogP contribution in [-0.2, 0) is 14.3 Å². The van der Waals surface area contributed by atoms with Crippen LogP contribution in [0.15, 0.2) is 0 Å². The predicted octanol–water partition coefficient (Wildman–Crippen LogP) is 2.54. The summed E-state index contributed by atoms with van der Waals surface area (Å²) in [6.45, 7) is 10.3. The maximum absolute atomic E-state index is 12.3. The van der Waals surface area contributed by atoms with Gasteiger partial charge in [-0.2, -0.15) is 0 Å². The van der Waals surface area contributed by atoms with E-state index in [1.807, 2.05) is 4.90 Å². The van der Waals surface area contributed by atoms with Crippen molar-refractivity contribution in [1.82, 2.24) is 4.90 Å². The average molecular weight is 299 g/mol. The minimum atomic E-state index is -0.834. The van der Waals surface area contributed by atoms with E-state index >= 15 is 0 Å². The first-order valence-corrected chi connectivity index (χ1v) is 7.81. The molecule has 0 bridgehead atoms. The van der Waals surface area contributed by atoms with E-state index in [2.05, 4.69) is 27.7 Å². The van der Waals surface area contributed by atoms with Gasteiger partial charge in [0.1, 0.15) is 0 Å². The lowest BCUT2D eigenvalue weighted by molar-refractivity contribution is -0.139. The van der Waals surface area contributed by atoms with Crippen LogP contribution < -0.4 is 0 Å². The molecular formula is C16H29NO4. The number of piperidine rings is 1. The zero-order chi connectivity index (χ0) is 16.0. The van der Waals surface area contributed by atoms with E-state index in [1.165, 1.54) is 0 Å². The number of nitrogens with zero attached hydrogens (tertiary/aromatic N) is 1. The Balaban J connectivity index is 2.29. The molecule has 1 aliphatic heterocycles. The third-order valence-electron chi connectivity index (χ3n) is 4.42. The second kappa shape index (κ2) is 7.78. The molecule has 0 spiro atoms. The van der Waals surface area contributed by atoms with Crippen LogP contribution in [0.3, 0.4) is 0 Å². The van der Waals surface area contributed by atoms with E-state index in [1.54, 1.807) is 0 Å². The molecule has 122 valence electrons. The van der Waals surface area contributed by atoms with Gasteiger partial charge in [-0.1, -0.05) is 27.7 Å². The van der Waals surface area contributed by atoms with Crippen molar-refractivity contribution in [3.8, 4) is 0 Å². The van der Waals surface area contributed by atoms with Crippen LogP contribution in [0, 0.1) is 11.3 Å². The van der Waals surface area contributed by atoms with Crippen molar-refractivity contribution in [1.29, 1.82) is 0 Å². The van der Waals surface area contributed by atoms with E-state index < -0.39 is 5.97 Å². The molecule has 0 aromatic heterocycles. The van der Waals surface area contributed by atoms with E-state index in [-0.39, 0.29) is 30.5 Å². The Hall–Kier alpha value is -1.10. The quantitative estimate of drug-likeness (QED) is 0.818. The molecule has 1 amide bonds. The molecular weight excluding hydrogens is 270 g/mol. The van der Waals surface area contributed by atoms with Crippen molar-refractivity contribution in [2.75, 3.05) is 19.7 Å². The largest absolute Gasteiger partial charge is 0.481 e. The average Bonchev–Trinajstić information content (AvgIpc) is 2.37. The number of carboxylic acids is 1. The summed E-state index contributed by atoms with van der Waals surface area (Å²) < 4.78 is 5.54. The summed E-state index contributed by atoms with van der Waals surface area (Å²) in [7, 11) is 0. The predicted molar refractivity (Wildman–Crippen MR) is 81.0 cm³/mol. The fourth-order valence-corrected chi connectivity index (χ4v) is 2.28. The third kappa shape index (κ3) is 6.46. The molecule has 0 aliphatic carbocycles. The number of aliphatic carboxylic acids is 1. The van der Waals surface area contributed by atoms with Crippen LogP contribution >= 0.6 is 0 Å². The highest BCUT2D eigenvalue weighted by atomic mass is 16.5. The lowest BCUT2D eigenvalue weighted by Crippen LogP contribution is -2.42. The monoisotopic (exact) mass is 299 g/mol. The Labute approximate surface area is 127 Å². The van der Waals surface area contributed by atoms with Gasteiger partial charge in [0.05, 0.1) is 19.1 Å². The first-order chi connectivity index (χ1) is 9.70. The number of carbonyl (C=O) groups excluding carboxylic acids is 1. The topological polar surface area (TPSA) is 66.8 Å². The van der Waals surface area contributed by atoms with E-state index in [9.17, 15) is 9.59 Å². The Morgan fingerprint density at radius 3 is 2.33 bits per heavy atom. The first-order valence-electron chi connectivity index (χ1n) is 7.81. The van der Waals surface area contributed by atoms with Gasteiger partial charge < -0.3 is 14.7 Å². The number of rotatable bonds is 6. The zero-order valence-electron chi connectivity index (χ0n) is 13.7. The second-order valence-electron chi connectivity index (χ2n) is 7.07. The normalized spacial score (nSPS) is 18.6. The Morgan fingerprint density at radius 1 is 1.29 bits per heavy atom. The highest BCUT2D eigenvalue weighted by molar-refractivity contribution is 5.76.